The lowest BCUT2D eigenvalue weighted by Gasteiger charge is -2.29. The van der Waals surface area contributed by atoms with E-state index in [2.05, 4.69) is 0 Å². The average molecular weight is 175 g/mol. The van der Waals surface area contributed by atoms with Crippen molar-refractivity contribution in [1.82, 2.24) is 0 Å². The molecule has 1 heteroatoms. The summed E-state index contributed by atoms with van der Waals surface area (Å²) in [5.41, 5.74) is 0.203. The van der Waals surface area contributed by atoms with Crippen molar-refractivity contribution in [3.8, 4) is 0 Å². The van der Waals surface area contributed by atoms with Gasteiger partial charge in [0.25, 0.3) is 0 Å². The van der Waals surface area contributed by atoms with Crippen LogP contribution in [0.1, 0.15) is 37.7 Å². The Kier molecular flexibility index (Phi) is 2.36. The van der Waals surface area contributed by atoms with Crippen LogP contribution in [0.25, 0.3) is 0 Å². The zero-order valence-corrected chi connectivity index (χ0v) is 7.83. The second-order valence-corrected chi connectivity index (χ2v) is 3.92. The smallest absolute Gasteiger partial charge is 0.128 e. The molecule has 1 aromatic carbocycles. The molecule has 1 aliphatic carbocycles. The number of hydrogen-bond donors (Lipinski definition) is 0. The van der Waals surface area contributed by atoms with Crippen molar-refractivity contribution < 1.29 is 5.11 Å². The summed E-state index contributed by atoms with van der Waals surface area (Å²) in [7, 11) is 0. The first kappa shape index (κ1) is 8.76. The molecule has 0 atom stereocenters. The summed E-state index contributed by atoms with van der Waals surface area (Å²) >= 11 is 0. The maximum absolute atomic E-state index is 12.3. The van der Waals surface area contributed by atoms with E-state index < -0.39 is 5.60 Å². The summed E-state index contributed by atoms with van der Waals surface area (Å²) in [6, 6.07) is 9.83. The van der Waals surface area contributed by atoms with E-state index in [4.69, 9.17) is 0 Å². The first-order valence-corrected chi connectivity index (χ1v) is 5.07. The highest BCUT2D eigenvalue weighted by atomic mass is 16.3. The molecule has 1 saturated carbocycles. The van der Waals surface area contributed by atoms with Crippen molar-refractivity contribution in [3.63, 3.8) is 0 Å². The van der Waals surface area contributed by atoms with E-state index in [1.54, 1.807) is 0 Å². The normalized spacial score (nSPS) is 21.3. The van der Waals surface area contributed by atoms with Crippen molar-refractivity contribution >= 4 is 0 Å². The molecular weight excluding hydrogens is 160 g/mol. The molecule has 13 heavy (non-hydrogen) atoms. The van der Waals surface area contributed by atoms with Crippen LogP contribution in [0.15, 0.2) is 30.3 Å². The van der Waals surface area contributed by atoms with Crippen molar-refractivity contribution in [1.29, 1.82) is 0 Å². The Bertz CT molecular complexity index is 260. The van der Waals surface area contributed by atoms with Crippen LogP contribution >= 0.6 is 0 Å². The molecule has 1 aromatic rings. The monoisotopic (exact) mass is 175 g/mol. The summed E-state index contributed by atoms with van der Waals surface area (Å²) < 4.78 is 0. The molecule has 0 amide bonds. The van der Waals surface area contributed by atoms with Crippen LogP contribution in [0.5, 0.6) is 0 Å². The van der Waals surface area contributed by atoms with Crippen LogP contribution in [-0.2, 0) is 10.7 Å². The van der Waals surface area contributed by atoms with Gasteiger partial charge in [-0.15, -0.1) is 0 Å². The fourth-order valence-electron chi connectivity index (χ4n) is 2.15. The van der Waals surface area contributed by atoms with Crippen molar-refractivity contribution in [2.75, 3.05) is 0 Å². The number of benzene rings is 1. The number of rotatable bonds is 1. The minimum atomic E-state index is -0.778. The highest BCUT2D eigenvalue weighted by Crippen LogP contribution is 2.37. The van der Waals surface area contributed by atoms with Gasteiger partial charge in [0.05, 0.1) is 0 Å². The standard InChI is InChI=1S/C12H15O/c13-12(9-5-2-6-10-12)11-7-3-1-4-8-11/h1,3-4,7-8H,2,5-6,9-10H2. The maximum atomic E-state index is 12.3. The van der Waals surface area contributed by atoms with Crippen LogP contribution in [0.4, 0.5) is 0 Å². The average Bonchev–Trinajstić information content (AvgIpc) is 2.20. The quantitative estimate of drug-likeness (QED) is 0.624. The van der Waals surface area contributed by atoms with E-state index >= 15 is 0 Å². The van der Waals surface area contributed by atoms with E-state index in [1.807, 2.05) is 30.3 Å². The molecule has 1 nitrogen and oxygen atoms in total. The van der Waals surface area contributed by atoms with Gasteiger partial charge in [0, 0.05) is 0 Å². The summed E-state index contributed by atoms with van der Waals surface area (Å²) in [6.07, 6.45) is 5.06. The third-order valence-electron chi connectivity index (χ3n) is 2.96. The Labute approximate surface area is 79.4 Å². The van der Waals surface area contributed by atoms with Crippen LogP contribution < -0.4 is 0 Å². The van der Waals surface area contributed by atoms with Gasteiger partial charge in [-0.2, -0.15) is 0 Å². The van der Waals surface area contributed by atoms with Gasteiger partial charge in [-0.1, -0.05) is 49.6 Å². The molecule has 1 aliphatic rings. The van der Waals surface area contributed by atoms with Gasteiger partial charge >= 0.3 is 0 Å². The van der Waals surface area contributed by atoms with Gasteiger partial charge in [0.2, 0.25) is 0 Å². The second-order valence-electron chi connectivity index (χ2n) is 3.92. The van der Waals surface area contributed by atoms with Crippen molar-refractivity contribution in [3.05, 3.63) is 35.9 Å². The highest BCUT2D eigenvalue weighted by molar-refractivity contribution is 5.22. The van der Waals surface area contributed by atoms with Gasteiger partial charge in [-0.25, -0.2) is 5.11 Å². The van der Waals surface area contributed by atoms with Gasteiger partial charge < -0.3 is 0 Å². The van der Waals surface area contributed by atoms with Crippen molar-refractivity contribution in [2.24, 2.45) is 0 Å². The Balaban J connectivity index is 2.23. The number of hydrogen-bond acceptors (Lipinski definition) is 0. The molecule has 69 valence electrons. The topological polar surface area (TPSA) is 19.9 Å². The Morgan fingerprint density at radius 2 is 1.54 bits per heavy atom. The fourth-order valence-corrected chi connectivity index (χ4v) is 2.15. The summed E-state index contributed by atoms with van der Waals surface area (Å²) in [5, 5.41) is 12.3. The minimum absolute atomic E-state index is 0.778. The van der Waals surface area contributed by atoms with E-state index in [0.29, 0.717) is 0 Å². The zero-order chi connectivity index (χ0) is 9.15. The lowest BCUT2D eigenvalue weighted by Crippen LogP contribution is -2.26. The summed E-state index contributed by atoms with van der Waals surface area (Å²) in [5.74, 6) is 0. The Hall–Kier alpha value is -0.820. The van der Waals surface area contributed by atoms with Crippen LogP contribution in [-0.4, -0.2) is 0 Å². The van der Waals surface area contributed by atoms with E-state index in [9.17, 15) is 5.11 Å². The molecule has 0 spiro atoms. The zero-order valence-electron chi connectivity index (χ0n) is 7.83. The first-order valence-electron chi connectivity index (χ1n) is 5.07. The Morgan fingerprint density at radius 3 is 2.15 bits per heavy atom. The summed E-state index contributed by atoms with van der Waals surface area (Å²) in [4.78, 5) is 0. The molecule has 0 aliphatic heterocycles. The SMILES string of the molecule is [O]C1(c2ccccc2)CCCCC1. The lowest BCUT2D eigenvalue weighted by atomic mass is 9.80. The largest absolute Gasteiger partial charge is 0.224 e. The van der Waals surface area contributed by atoms with E-state index in [-0.39, 0.29) is 0 Å². The van der Waals surface area contributed by atoms with Gasteiger partial charge in [0.15, 0.2) is 0 Å². The molecule has 0 N–H and O–H groups in total. The lowest BCUT2D eigenvalue weighted by molar-refractivity contribution is -0.0644. The predicted molar refractivity (Wildman–Crippen MR) is 51.9 cm³/mol. The van der Waals surface area contributed by atoms with E-state index in [1.165, 1.54) is 6.42 Å². The van der Waals surface area contributed by atoms with Gasteiger partial charge in [0.1, 0.15) is 5.60 Å². The van der Waals surface area contributed by atoms with Crippen LogP contribution in [0.2, 0.25) is 0 Å². The Morgan fingerprint density at radius 1 is 0.923 bits per heavy atom. The molecular formula is C12H15O. The third kappa shape index (κ3) is 1.75. The molecule has 2 rings (SSSR count). The van der Waals surface area contributed by atoms with E-state index in [0.717, 1.165) is 31.2 Å². The molecule has 0 unspecified atom stereocenters. The first-order chi connectivity index (χ1) is 6.31. The summed E-state index contributed by atoms with van der Waals surface area (Å²) in [6.45, 7) is 0. The van der Waals surface area contributed by atoms with Crippen LogP contribution in [0, 0.1) is 0 Å². The molecule has 0 heterocycles. The van der Waals surface area contributed by atoms with Gasteiger partial charge in [-0.05, 0) is 18.4 Å². The van der Waals surface area contributed by atoms with Crippen LogP contribution in [0.3, 0.4) is 0 Å². The fraction of sp³-hybridized carbons (Fsp3) is 0.500. The molecule has 0 saturated heterocycles. The highest BCUT2D eigenvalue weighted by Gasteiger charge is 2.32. The predicted octanol–water partition coefficient (Wildman–Crippen LogP) is 3.28. The molecule has 1 radical (unpaired) electrons. The second kappa shape index (κ2) is 3.51. The third-order valence-corrected chi connectivity index (χ3v) is 2.96. The van der Waals surface area contributed by atoms with Crippen molar-refractivity contribution in [2.45, 2.75) is 37.7 Å². The van der Waals surface area contributed by atoms with Gasteiger partial charge in [-0.3, -0.25) is 0 Å². The molecule has 0 aromatic heterocycles. The minimum Gasteiger partial charge on any atom is -0.224 e. The molecule has 1 fully saturated rings. The maximum Gasteiger partial charge on any atom is 0.128 e. The molecule has 0 bridgehead atoms.